The van der Waals surface area contributed by atoms with E-state index in [-0.39, 0.29) is 13.0 Å². The van der Waals surface area contributed by atoms with Gasteiger partial charge in [0, 0.05) is 31.2 Å². The van der Waals surface area contributed by atoms with Crippen LogP contribution in [0.1, 0.15) is 12.0 Å². The molecule has 0 spiro atoms. The summed E-state index contributed by atoms with van der Waals surface area (Å²) in [6, 6.07) is 6.01. The normalized spacial score (nSPS) is 12.3. The maximum absolute atomic E-state index is 11.6. The van der Waals surface area contributed by atoms with E-state index >= 15 is 0 Å². The smallest absolute Gasteiger partial charge is 0.326 e. The van der Waals surface area contributed by atoms with Crippen molar-refractivity contribution < 1.29 is 19.4 Å². The van der Waals surface area contributed by atoms with Gasteiger partial charge in [-0.1, -0.05) is 23.7 Å². The van der Waals surface area contributed by atoms with Crippen molar-refractivity contribution in [2.75, 3.05) is 13.7 Å². The van der Waals surface area contributed by atoms with Crippen molar-refractivity contribution in [1.29, 1.82) is 0 Å². The van der Waals surface area contributed by atoms with Crippen molar-refractivity contribution in [3.63, 3.8) is 0 Å². The van der Waals surface area contributed by atoms with Gasteiger partial charge in [-0.2, -0.15) is 0 Å². The third kappa shape index (κ3) is 5.86. The first kappa shape index (κ1) is 16.2. The van der Waals surface area contributed by atoms with Gasteiger partial charge in [-0.3, -0.25) is 4.79 Å². The highest BCUT2D eigenvalue weighted by atomic mass is 35.5. The summed E-state index contributed by atoms with van der Waals surface area (Å²) in [7, 11) is 1.47. The van der Waals surface area contributed by atoms with Gasteiger partial charge in [0.1, 0.15) is 6.04 Å². The van der Waals surface area contributed by atoms with Gasteiger partial charge in [-0.25, -0.2) is 4.79 Å². The molecule has 0 aliphatic rings. The van der Waals surface area contributed by atoms with Gasteiger partial charge in [-0.05, 0) is 23.8 Å². The number of ether oxygens (including phenoxy) is 1. The number of carboxylic acids is 1. The minimum Gasteiger partial charge on any atom is -0.480 e. The molecule has 6 heteroatoms. The fraction of sp³-hybridized carbons (Fsp3) is 0.286. The summed E-state index contributed by atoms with van der Waals surface area (Å²) < 4.78 is 4.80. The summed E-state index contributed by atoms with van der Waals surface area (Å²) in [5, 5.41) is 11.9. The average Bonchev–Trinajstić information content (AvgIpc) is 2.41. The molecule has 0 bridgehead atoms. The molecule has 0 radical (unpaired) electrons. The number of hydrogen-bond donors (Lipinski definition) is 2. The zero-order valence-electron chi connectivity index (χ0n) is 11.0. The first-order chi connectivity index (χ1) is 9.52. The van der Waals surface area contributed by atoms with E-state index in [1.807, 2.05) is 0 Å². The summed E-state index contributed by atoms with van der Waals surface area (Å²) in [5.41, 5.74) is 0.761. The molecule has 0 heterocycles. The fourth-order valence-electron chi connectivity index (χ4n) is 1.50. The molecule has 108 valence electrons. The summed E-state index contributed by atoms with van der Waals surface area (Å²) in [5.74, 6) is -1.57. The molecule has 5 nitrogen and oxygen atoms in total. The molecule has 1 aromatic carbocycles. The lowest BCUT2D eigenvalue weighted by atomic mass is 10.2. The lowest BCUT2D eigenvalue weighted by Gasteiger charge is -2.12. The average molecular weight is 298 g/mol. The number of carbonyl (C=O) groups is 2. The largest absolute Gasteiger partial charge is 0.480 e. The van der Waals surface area contributed by atoms with E-state index in [1.165, 1.54) is 13.2 Å². The number of benzene rings is 1. The molecule has 1 unspecified atom stereocenters. The molecule has 2 N–H and O–H groups in total. The van der Waals surface area contributed by atoms with Crippen LogP contribution in [0.5, 0.6) is 0 Å². The number of carboxylic acid groups (broad SMARTS) is 1. The third-order valence-electron chi connectivity index (χ3n) is 2.50. The summed E-state index contributed by atoms with van der Waals surface area (Å²) in [6.07, 6.45) is 3.05. The van der Waals surface area contributed by atoms with Crippen LogP contribution in [-0.2, 0) is 14.3 Å². The first-order valence-corrected chi connectivity index (χ1v) is 6.36. The molecule has 1 aromatic rings. The van der Waals surface area contributed by atoms with Gasteiger partial charge in [0.05, 0.1) is 0 Å². The molecule has 1 rings (SSSR count). The van der Waals surface area contributed by atoms with Crippen molar-refractivity contribution >= 4 is 29.6 Å². The van der Waals surface area contributed by atoms with Gasteiger partial charge in [-0.15, -0.1) is 0 Å². The molecular formula is C14H16ClNO4. The van der Waals surface area contributed by atoms with Gasteiger partial charge < -0.3 is 15.2 Å². The Hall–Kier alpha value is -1.85. The van der Waals surface area contributed by atoms with Crippen LogP contribution in [0.15, 0.2) is 30.3 Å². The number of aliphatic carboxylic acids is 1. The van der Waals surface area contributed by atoms with E-state index in [1.54, 1.807) is 30.3 Å². The van der Waals surface area contributed by atoms with Crippen LogP contribution in [0.25, 0.3) is 6.08 Å². The van der Waals surface area contributed by atoms with Crippen LogP contribution in [0.2, 0.25) is 5.02 Å². The monoisotopic (exact) mass is 297 g/mol. The number of amides is 1. The quantitative estimate of drug-likeness (QED) is 0.754. The van der Waals surface area contributed by atoms with Crippen LogP contribution in [0.4, 0.5) is 0 Å². The minimum absolute atomic E-state index is 0.211. The maximum Gasteiger partial charge on any atom is 0.326 e. The zero-order chi connectivity index (χ0) is 15.0. The molecule has 1 atom stereocenters. The molecule has 0 fully saturated rings. The summed E-state index contributed by atoms with van der Waals surface area (Å²) in [4.78, 5) is 22.6. The van der Waals surface area contributed by atoms with Gasteiger partial charge in [0.15, 0.2) is 0 Å². The third-order valence-corrected chi connectivity index (χ3v) is 2.74. The fourth-order valence-corrected chi connectivity index (χ4v) is 1.69. The second kappa shape index (κ2) is 8.35. The highest BCUT2D eigenvalue weighted by molar-refractivity contribution is 6.30. The van der Waals surface area contributed by atoms with Crippen molar-refractivity contribution in [3.8, 4) is 0 Å². The van der Waals surface area contributed by atoms with Crippen molar-refractivity contribution in [2.24, 2.45) is 0 Å². The van der Waals surface area contributed by atoms with E-state index in [0.717, 1.165) is 5.56 Å². The van der Waals surface area contributed by atoms with Gasteiger partial charge >= 0.3 is 5.97 Å². The first-order valence-electron chi connectivity index (χ1n) is 5.99. The summed E-state index contributed by atoms with van der Waals surface area (Å²) >= 11 is 5.82. The van der Waals surface area contributed by atoms with Crippen molar-refractivity contribution in [2.45, 2.75) is 12.5 Å². The molecule has 0 aliphatic heterocycles. The molecule has 20 heavy (non-hydrogen) atoms. The van der Waals surface area contributed by atoms with Crippen LogP contribution < -0.4 is 5.32 Å². The van der Waals surface area contributed by atoms with E-state index in [0.29, 0.717) is 5.02 Å². The Morgan fingerprint density at radius 2 is 2.25 bits per heavy atom. The number of nitrogens with one attached hydrogen (secondary N) is 1. The second-order valence-corrected chi connectivity index (χ2v) is 4.51. The van der Waals surface area contributed by atoms with E-state index < -0.39 is 17.9 Å². The second-order valence-electron chi connectivity index (χ2n) is 4.07. The van der Waals surface area contributed by atoms with E-state index in [2.05, 4.69) is 5.32 Å². The predicted octanol–water partition coefficient (Wildman–Crippen LogP) is 1.96. The standard InChI is InChI=1S/C14H16ClNO4/c1-20-8-7-12(14(18)19)16-13(17)6-5-10-3-2-4-11(15)9-10/h2-6,9,12H,7-8H2,1H3,(H,16,17)(H,18,19). The number of hydrogen-bond acceptors (Lipinski definition) is 3. The van der Waals surface area contributed by atoms with Crippen LogP contribution in [-0.4, -0.2) is 36.7 Å². The number of rotatable bonds is 7. The molecule has 1 amide bonds. The Labute approximate surface area is 122 Å². The topological polar surface area (TPSA) is 75.6 Å². The molecule has 0 saturated heterocycles. The van der Waals surface area contributed by atoms with Crippen LogP contribution in [0.3, 0.4) is 0 Å². The van der Waals surface area contributed by atoms with Crippen LogP contribution in [0, 0.1) is 0 Å². The highest BCUT2D eigenvalue weighted by Crippen LogP contribution is 2.11. The van der Waals surface area contributed by atoms with Crippen LogP contribution >= 0.6 is 11.6 Å². The lowest BCUT2D eigenvalue weighted by Crippen LogP contribution is -2.40. The highest BCUT2D eigenvalue weighted by Gasteiger charge is 2.18. The summed E-state index contributed by atoms with van der Waals surface area (Å²) in [6.45, 7) is 0.259. The zero-order valence-corrected chi connectivity index (χ0v) is 11.8. The number of halogens is 1. The van der Waals surface area contributed by atoms with Gasteiger partial charge in [0.25, 0.3) is 0 Å². The van der Waals surface area contributed by atoms with Gasteiger partial charge in [0.2, 0.25) is 5.91 Å². The minimum atomic E-state index is -1.09. The van der Waals surface area contributed by atoms with E-state index in [4.69, 9.17) is 21.4 Å². The molecule has 0 aliphatic carbocycles. The Balaban J connectivity index is 2.59. The predicted molar refractivity (Wildman–Crippen MR) is 76.5 cm³/mol. The number of methoxy groups -OCH3 is 1. The van der Waals surface area contributed by atoms with Crippen molar-refractivity contribution in [1.82, 2.24) is 5.32 Å². The van der Waals surface area contributed by atoms with E-state index in [9.17, 15) is 9.59 Å². The number of carbonyl (C=O) groups excluding carboxylic acids is 1. The Morgan fingerprint density at radius 1 is 1.50 bits per heavy atom. The molecule has 0 saturated carbocycles. The Bertz CT molecular complexity index is 502. The Kier molecular flexibility index (Phi) is 6.76. The SMILES string of the molecule is COCCC(NC(=O)C=Cc1cccc(Cl)c1)C(=O)O. The molecular weight excluding hydrogens is 282 g/mol. The maximum atomic E-state index is 11.6. The lowest BCUT2D eigenvalue weighted by molar-refractivity contribution is -0.141. The Morgan fingerprint density at radius 3 is 2.85 bits per heavy atom. The molecule has 0 aromatic heterocycles. The van der Waals surface area contributed by atoms with Crippen molar-refractivity contribution in [3.05, 3.63) is 40.9 Å².